The molecule has 3 aromatic heterocycles. The highest BCUT2D eigenvalue weighted by molar-refractivity contribution is 7.91. The second-order valence-corrected chi connectivity index (χ2v) is 10.8. The van der Waals surface area contributed by atoms with Crippen LogP contribution in [0.25, 0.3) is 10.2 Å². The number of thiophene rings is 1. The summed E-state index contributed by atoms with van der Waals surface area (Å²) in [5.74, 6) is -0.423. The summed E-state index contributed by atoms with van der Waals surface area (Å²) in [4.78, 5) is 32.5. The summed E-state index contributed by atoms with van der Waals surface area (Å²) in [7, 11) is -3.21. The summed E-state index contributed by atoms with van der Waals surface area (Å²) in [6.45, 7) is 3.76. The Bertz CT molecular complexity index is 1280. The van der Waals surface area contributed by atoms with Crippen molar-refractivity contribution in [1.82, 2.24) is 9.88 Å². The van der Waals surface area contributed by atoms with Crippen molar-refractivity contribution in [1.29, 1.82) is 0 Å². The molecule has 4 rings (SSSR count). The lowest BCUT2D eigenvalue weighted by atomic mass is 10.1. The van der Waals surface area contributed by atoms with E-state index < -0.39 is 21.8 Å². The van der Waals surface area contributed by atoms with E-state index >= 15 is 0 Å². The van der Waals surface area contributed by atoms with Crippen LogP contribution >= 0.6 is 11.3 Å². The van der Waals surface area contributed by atoms with Crippen LogP contribution in [0.1, 0.15) is 44.8 Å². The number of aromatic nitrogens is 1. The third-order valence-electron chi connectivity index (χ3n) is 5.42. The molecule has 0 saturated carbocycles. The van der Waals surface area contributed by atoms with Crippen molar-refractivity contribution >= 4 is 49.0 Å². The van der Waals surface area contributed by atoms with Crippen LogP contribution in [0.5, 0.6) is 0 Å². The summed E-state index contributed by atoms with van der Waals surface area (Å²) in [5.41, 5.74) is 7.30. The van der Waals surface area contributed by atoms with Gasteiger partial charge in [-0.05, 0) is 38.5 Å². The minimum Gasteiger partial charge on any atom is -0.467 e. The summed E-state index contributed by atoms with van der Waals surface area (Å²) in [6, 6.07) is 4.55. The maximum atomic E-state index is 13.6. The Morgan fingerprint density at radius 1 is 1.41 bits per heavy atom. The molecular weight excluding hydrogens is 454 g/mol. The number of carbonyl (C=O) groups is 2. The van der Waals surface area contributed by atoms with Crippen molar-refractivity contribution in [3.8, 4) is 0 Å². The van der Waals surface area contributed by atoms with Gasteiger partial charge in [-0.3, -0.25) is 4.79 Å². The molecule has 0 radical (unpaired) electrons. The minimum atomic E-state index is -3.21. The van der Waals surface area contributed by atoms with Crippen molar-refractivity contribution in [2.45, 2.75) is 32.9 Å². The number of fused-ring (bicyclic) bond motifs is 1. The fourth-order valence-corrected chi connectivity index (χ4v) is 6.60. The predicted octanol–water partition coefficient (Wildman–Crippen LogP) is 2.79. The Kier molecular flexibility index (Phi) is 5.95. The zero-order valence-corrected chi connectivity index (χ0v) is 19.3. The molecule has 170 valence electrons. The SMILES string of the molecule is CCOC(=O)c1cc2c(N)c(C(=O)N(Cc3ccco3)[C@@H]3CCS(=O)(=O)C3)sc2nc1C. The van der Waals surface area contributed by atoms with Gasteiger partial charge in [-0.15, -0.1) is 11.3 Å². The maximum absolute atomic E-state index is 13.6. The fraction of sp³-hybridized carbons (Fsp3) is 0.381. The monoisotopic (exact) mass is 477 g/mol. The van der Waals surface area contributed by atoms with Gasteiger partial charge >= 0.3 is 5.97 Å². The molecule has 1 saturated heterocycles. The zero-order chi connectivity index (χ0) is 23.0. The number of hydrogen-bond acceptors (Lipinski definition) is 9. The number of sulfone groups is 1. The molecule has 2 N–H and O–H groups in total. The number of furan rings is 1. The standard InChI is InChI=1S/C21H23N3O6S2/c1-3-29-21(26)15-9-16-17(22)18(31-19(16)23-12(15)2)20(25)24(10-14-5-4-7-30-14)13-6-8-32(27,28)11-13/h4-5,7,9,13H,3,6,8,10-11,22H2,1-2H3/t13-/m1/s1. The van der Waals surface area contributed by atoms with Crippen molar-refractivity contribution in [2.75, 3.05) is 23.8 Å². The van der Waals surface area contributed by atoms with Gasteiger partial charge in [0.15, 0.2) is 9.84 Å². The van der Waals surface area contributed by atoms with E-state index in [0.29, 0.717) is 28.1 Å². The first kappa shape index (κ1) is 22.3. The highest BCUT2D eigenvalue weighted by Gasteiger charge is 2.37. The summed E-state index contributed by atoms with van der Waals surface area (Å²) in [5, 5.41) is 0.490. The lowest BCUT2D eigenvalue weighted by Gasteiger charge is -2.27. The number of nitrogens with zero attached hydrogens (tertiary/aromatic N) is 2. The average Bonchev–Trinajstić information content (AvgIpc) is 3.45. The number of aryl methyl sites for hydroxylation is 1. The molecule has 1 atom stereocenters. The van der Waals surface area contributed by atoms with E-state index in [1.54, 1.807) is 32.0 Å². The van der Waals surface area contributed by atoms with E-state index in [4.69, 9.17) is 14.9 Å². The molecule has 9 nitrogen and oxygen atoms in total. The lowest BCUT2D eigenvalue weighted by Crippen LogP contribution is -2.40. The van der Waals surface area contributed by atoms with Crippen LogP contribution in [0.3, 0.4) is 0 Å². The molecule has 0 bridgehead atoms. The van der Waals surface area contributed by atoms with Crippen LogP contribution in [-0.2, 0) is 21.1 Å². The maximum Gasteiger partial charge on any atom is 0.339 e. The lowest BCUT2D eigenvalue weighted by molar-refractivity contribution is 0.0524. The third-order valence-corrected chi connectivity index (χ3v) is 8.27. The second kappa shape index (κ2) is 8.55. The van der Waals surface area contributed by atoms with Gasteiger partial charge < -0.3 is 19.8 Å². The van der Waals surface area contributed by atoms with E-state index in [9.17, 15) is 18.0 Å². The topological polar surface area (TPSA) is 133 Å². The number of hydrogen-bond donors (Lipinski definition) is 1. The van der Waals surface area contributed by atoms with Crippen molar-refractivity contribution in [2.24, 2.45) is 0 Å². The molecule has 11 heteroatoms. The first-order valence-electron chi connectivity index (χ1n) is 10.1. The number of nitrogens with two attached hydrogens (primary N) is 1. The van der Waals surface area contributed by atoms with Crippen LogP contribution in [0.15, 0.2) is 28.9 Å². The highest BCUT2D eigenvalue weighted by atomic mass is 32.2. The molecule has 4 heterocycles. The van der Waals surface area contributed by atoms with Gasteiger partial charge in [0, 0.05) is 11.4 Å². The van der Waals surface area contributed by atoms with E-state index in [-0.39, 0.29) is 46.7 Å². The molecule has 1 amide bonds. The number of carbonyl (C=O) groups excluding carboxylic acids is 2. The average molecular weight is 478 g/mol. The molecular formula is C21H23N3O6S2. The Morgan fingerprint density at radius 2 is 2.19 bits per heavy atom. The quantitative estimate of drug-likeness (QED) is 0.536. The van der Waals surface area contributed by atoms with Gasteiger partial charge in [-0.25, -0.2) is 18.2 Å². The molecule has 1 aliphatic heterocycles. The smallest absolute Gasteiger partial charge is 0.339 e. The van der Waals surface area contributed by atoms with Gasteiger partial charge in [0.25, 0.3) is 5.91 Å². The minimum absolute atomic E-state index is 0.0329. The van der Waals surface area contributed by atoms with E-state index in [2.05, 4.69) is 4.98 Å². The van der Waals surface area contributed by atoms with E-state index in [1.807, 2.05) is 0 Å². The second-order valence-electron chi connectivity index (χ2n) is 7.61. The fourth-order valence-electron chi connectivity index (χ4n) is 3.79. The van der Waals surface area contributed by atoms with Crippen molar-refractivity contribution in [3.05, 3.63) is 46.4 Å². The highest BCUT2D eigenvalue weighted by Crippen LogP contribution is 2.36. The number of ether oxygens (including phenoxy) is 1. The Morgan fingerprint density at radius 3 is 2.81 bits per heavy atom. The predicted molar refractivity (Wildman–Crippen MR) is 120 cm³/mol. The molecule has 1 fully saturated rings. The Hall–Kier alpha value is -2.92. The van der Waals surface area contributed by atoms with Crippen LogP contribution in [0.4, 0.5) is 5.69 Å². The van der Waals surface area contributed by atoms with Crippen LogP contribution in [0, 0.1) is 6.92 Å². The number of esters is 1. The molecule has 0 aliphatic carbocycles. The first-order chi connectivity index (χ1) is 15.2. The molecule has 0 unspecified atom stereocenters. The largest absolute Gasteiger partial charge is 0.467 e. The Balaban J connectivity index is 1.73. The van der Waals surface area contributed by atoms with Gasteiger partial charge in [-0.1, -0.05) is 0 Å². The number of pyridine rings is 1. The first-order valence-corrected chi connectivity index (χ1v) is 12.7. The summed E-state index contributed by atoms with van der Waals surface area (Å²) < 4.78 is 34.6. The van der Waals surface area contributed by atoms with Crippen molar-refractivity contribution in [3.63, 3.8) is 0 Å². The summed E-state index contributed by atoms with van der Waals surface area (Å²) >= 11 is 1.12. The Labute approximate surface area is 189 Å². The number of nitrogen functional groups attached to an aromatic ring is 1. The van der Waals surface area contributed by atoms with E-state index in [1.165, 1.54) is 11.2 Å². The van der Waals surface area contributed by atoms with Crippen LogP contribution < -0.4 is 5.73 Å². The molecule has 0 aromatic carbocycles. The molecule has 0 spiro atoms. The van der Waals surface area contributed by atoms with Gasteiger partial charge in [0.05, 0.1) is 47.9 Å². The third kappa shape index (κ3) is 4.22. The van der Waals surface area contributed by atoms with Gasteiger partial charge in [0.2, 0.25) is 0 Å². The van der Waals surface area contributed by atoms with Gasteiger partial charge in [-0.2, -0.15) is 0 Å². The number of rotatable bonds is 6. The number of anilines is 1. The molecule has 3 aromatic rings. The zero-order valence-electron chi connectivity index (χ0n) is 17.7. The van der Waals surface area contributed by atoms with Crippen LogP contribution in [-0.4, -0.2) is 54.3 Å². The van der Waals surface area contributed by atoms with Crippen LogP contribution in [0.2, 0.25) is 0 Å². The normalized spacial score (nSPS) is 17.5. The van der Waals surface area contributed by atoms with E-state index in [0.717, 1.165) is 11.3 Å². The number of amides is 1. The van der Waals surface area contributed by atoms with Gasteiger partial charge in [0.1, 0.15) is 15.5 Å². The summed E-state index contributed by atoms with van der Waals surface area (Å²) in [6.07, 6.45) is 1.85. The molecule has 32 heavy (non-hydrogen) atoms. The molecule has 1 aliphatic rings. The van der Waals surface area contributed by atoms with Crippen molar-refractivity contribution < 1.29 is 27.2 Å².